The molecule has 0 aliphatic heterocycles. The smallest absolute Gasteiger partial charge is 0.423 e. The molecule has 5 nitrogen and oxygen atoms in total. The van der Waals surface area contributed by atoms with Crippen LogP contribution in [0.3, 0.4) is 0 Å². The topological polar surface area (TPSA) is 82.5 Å². The monoisotopic (exact) mass is 436 g/mol. The Morgan fingerprint density at radius 2 is 1.81 bits per heavy atom. The molecule has 2 aromatic carbocycles. The average Bonchev–Trinajstić information content (AvgIpc) is 2.79. The lowest BCUT2D eigenvalue weighted by Crippen LogP contribution is -2.30. The summed E-state index contributed by atoms with van der Waals surface area (Å²) >= 11 is 5.92. The highest BCUT2D eigenvalue weighted by molar-refractivity contribution is 6.58. The van der Waals surface area contributed by atoms with Crippen LogP contribution in [0.4, 0.5) is 5.69 Å². The Hall–Kier alpha value is -2.41. The molecule has 1 fully saturated rings. The summed E-state index contributed by atoms with van der Waals surface area (Å²) in [5.41, 5.74) is 3.30. The first-order valence-corrected chi connectivity index (χ1v) is 11.1. The Kier molecular flexibility index (Phi) is 6.61. The minimum atomic E-state index is -1.49. The first kappa shape index (κ1) is 21.8. The van der Waals surface area contributed by atoms with Gasteiger partial charge in [-0.25, -0.2) is 0 Å². The van der Waals surface area contributed by atoms with Gasteiger partial charge in [-0.15, -0.1) is 0 Å². The molecular weight excluding hydrogens is 411 g/mol. The lowest BCUT2D eigenvalue weighted by Gasteiger charge is -2.32. The summed E-state index contributed by atoms with van der Waals surface area (Å²) in [4.78, 5) is 17.1. The Labute approximate surface area is 187 Å². The predicted molar refractivity (Wildman–Crippen MR) is 126 cm³/mol. The van der Waals surface area contributed by atoms with E-state index < -0.39 is 7.12 Å². The lowest BCUT2D eigenvalue weighted by molar-refractivity contribution is -0.121. The van der Waals surface area contributed by atoms with E-state index in [0.29, 0.717) is 22.3 Å². The second-order valence-corrected chi connectivity index (χ2v) is 8.88. The first-order chi connectivity index (χ1) is 14.9. The number of benzene rings is 2. The average molecular weight is 437 g/mol. The van der Waals surface area contributed by atoms with Gasteiger partial charge in [-0.2, -0.15) is 0 Å². The van der Waals surface area contributed by atoms with Crippen molar-refractivity contribution in [2.24, 2.45) is 11.8 Å². The number of hydrogen-bond acceptors (Lipinski definition) is 4. The highest BCUT2D eigenvalue weighted by Crippen LogP contribution is 2.40. The van der Waals surface area contributed by atoms with Gasteiger partial charge in [0.25, 0.3) is 0 Å². The van der Waals surface area contributed by atoms with E-state index in [-0.39, 0.29) is 11.8 Å². The Balaban J connectivity index is 1.43. The number of nitrogens with one attached hydrogen (secondary N) is 1. The van der Waals surface area contributed by atoms with Crippen molar-refractivity contribution in [3.8, 4) is 0 Å². The molecule has 0 saturated heterocycles. The van der Waals surface area contributed by atoms with Crippen molar-refractivity contribution in [2.45, 2.75) is 38.5 Å². The van der Waals surface area contributed by atoms with Crippen LogP contribution in [-0.2, 0) is 4.79 Å². The highest BCUT2D eigenvalue weighted by Gasteiger charge is 2.30. The van der Waals surface area contributed by atoms with Crippen molar-refractivity contribution < 1.29 is 14.8 Å². The van der Waals surface area contributed by atoms with Gasteiger partial charge in [0.1, 0.15) is 0 Å². The van der Waals surface area contributed by atoms with E-state index in [4.69, 9.17) is 11.6 Å². The van der Waals surface area contributed by atoms with Gasteiger partial charge in [-0.1, -0.05) is 30.7 Å². The molecule has 7 heteroatoms. The zero-order valence-corrected chi connectivity index (χ0v) is 18.2. The van der Waals surface area contributed by atoms with Crippen molar-refractivity contribution in [3.05, 3.63) is 65.3 Å². The molecule has 3 aromatic rings. The number of carbonyl (C=O) groups is 1. The van der Waals surface area contributed by atoms with Gasteiger partial charge in [-0.3, -0.25) is 9.78 Å². The van der Waals surface area contributed by atoms with Crippen LogP contribution in [0.5, 0.6) is 0 Å². The van der Waals surface area contributed by atoms with Gasteiger partial charge in [0.2, 0.25) is 5.91 Å². The molecule has 0 radical (unpaired) electrons. The number of amides is 1. The van der Waals surface area contributed by atoms with Crippen LogP contribution in [-0.4, -0.2) is 28.1 Å². The predicted octanol–water partition coefficient (Wildman–Crippen LogP) is 4.12. The number of nitrogens with zero attached hydrogens (tertiary/aromatic N) is 1. The normalized spacial score (nSPS) is 19.7. The maximum Gasteiger partial charge on any atom is 0.488 e. The van der Waals surface area contributed by atoms with Crippen LogP contribution in [0.1, 0.15) is 44.1 Å². The molecule has 1 aromatic heterocycles. The zero-order valence-electron chi connectivity index (χ0n) is 17.5. The minimum absolute atomic E-state index is 0.0432. The van der Waals surface area contributed by atoms with E-state index in [0.717, 1.165) is 42.3 Å². The number of anilines is 1. The van der Waals surface area contributed by atoms with Gasteiger partial charge in [0, 0.05) is 28.2 Å². The van der Waals surface area contributed by atoms with Crippen molar-refractivity contribution >= 4 is 46.7 Å². The fourth-order valence-electron chi connectivity index (χ4n) is 4.64. The van der Waals surface area contributed by atoms with Gasteiger partial charge < -0.3 is 15.4 Å². The Morgan fingerprint density at radius 3 is 2.48 bits per heavy atom. The lowest BCUT2D eigenvalue weighted by atomic mass is 9.73. The quantitative estimate of drug-likeness (QED) is 0.526. The largest absolute Gasteiger partial charge is 0.488 e. The number of fused-ring (bicyclic) bond motifs is 1. The second kappa shape index (κ2) is 9.39. The number of pyridine rings is 1. The third-order valence-electron chi connectivity index (χ3n) is 6.54. The third-order valence-corrected chi connectivity index (χ3v) is 6.79. The molecule has 1 aliphatic rings. The number of aromatic nitrogens is 1. The van der Waals surface area contributed by atoms with Gasteiger partial charge >= 0.3 is 7.12 Å². The SMILES string of the molecule is C[C@@H](C(=O)Nc1ccc(Cl)cc1)[C@H]1CC[C@@H](c2ccnc3ccc(B(O)O)cc32)CC1. The maximum atomic E-state index is 12.7. The summed E-state index contributed by atoms with van der Waals surface area (Å²) in [6.45, 7) is 2.01. The van der Waals surface area contributed by atoms with Crippen LogP contribution >= 0.6 is 11.6 Å². The fraction of sp³-hybridized carbons (Fsp3) is 0.333. The van der Waals surface area contributed by atoms with E-state index in [1.165, 1.54) is 5.56 Å². The van der Waals surface area contributed by atoms with Gasteiger partial charge in [0.15, 0.2) is 0 Å². The zero-order chi connectivity index (χ0) is 22.0. The first-order valence-electron chi connectivity index (χ1n) is 10.7. The van der Waals surface area contributed by atoms with Crippen LogP contribution < -0.4 is 10.8 Å². The number of carbonyl (C=O) groups excluding carboxylic acids is 1. The molecule has 1 atom stereocenters. The number of hydrogen-bond donors (Lipinski definition) is 3. The van der Waals surface area contributed by atoms with E-state index in [1.807, 2.05) is 43.5 Å². The molecule has 0 spiro atoms. The van der Waals surface area contributed by atoms with Gasteiger partial charge in [0.05, 0.1) is 5.52 Å². The van der Waals surface area contributed by atoms with Crippen LogP contribution in [0.15, 0.2) is 54.7 Å². The summed E-state index contributed by atoms with van der Waals surface area (Å²) in [6.07, 6.45) is 5.77. The van der Waals surface area contributed by atoms with Crippen LogP contribution in [0.2, 0.25) is 5.02 Å². The molecule has 160 valence electrons. The van der Waals surface area contributed by atoms with Gasteiger partial charge in [-0.05, 0) is 84.9 Å². The summed E-state index contributed by atoms with van der Waals surface area (Å²) in [5, 5.41) is 23.7. The van der Waals surface area contributed by atoms with Crippen molar-refractivity contribution in [1.29, 1.82) is 0 Å². The molecular formula is C24H26BClN2O3. The molecule has 1 aliphatic carbocycles. The third kappa shape index (κ3) is 4.92. The van der Waals surface area contributed by atoms with E-state index >= 15 is 0 Å². The molecule has 1 amide bonds. The van der Waals surface area contributed by atoms with E-state index in [1.54, 1.807) is 18.2 Å². The number of halogens is 1. The standard InChI is InChI=1S/C24H26BClN2O3/c1-15(24(29)28-20-9-7-19(26)8-10-20)16-2-4-17(5-3-16)21-12-13-27-23-11-6-18(25(30)31)14-22(21)23/h6-17,30-31H,2-5H2,1H3,(H,28,29)/t15-,16-,17+/m1/s1. The molecule has 31 heavy (non-hydrogen) atoms. The molecule has 4 rings (SSSR count). The van der Waals surface area contributed by atoms with Crippen LogP contribution in [0.25, 0.3) is 10.9 Å². The van der Waals surface area contributed by atoms with Crippen molar-refractivity contribution in [2.75, 3.05) is 5.32 Å². The summed E-state index contributed by atoms with van der Waals surface area (Å²) < 4.78 is 0. The van der Waals surface area contributed by atoms with E-state index in [9.17, 15) is 14.8 Å². The molecule has 1 heterocycles. The fourth-order valence-corrected chi connectivity index (χ4v) is 4.76. The summed E-state index contributed by atoms with van der Waals surface area (Å²) in [6, 6.07) is 14.6. The molecule has 0 unspecified atom stereocenters. The van der Waals surface area contributed by atoms with Crippen molar-refractivity contribution in [3.63, 3.8) is 0 Å². The van der Waals surface area contributed by atoms with E-state index in [2.05, 4.69) is 10.3 Å². The highest BCUT2D eigenvalue weighted by atomic mass is 35.5. The maximum absolute atomic E-state index is 12.7. The Bertz CT molecular complexity index is 1070. The molecule has 0 bridgehead atoms. The Morgan fingerprint density at radius 1 is 1.10 bits per heavy atom. The van der Waals surface area contributed by atoms with Crippen molar-refractivity contribution in [1.82, 2.24) is 4.98 Å². The van der Waals surface area contributed by atoms with Crippen LogP contribution in [0, 0.1) is 11.8 Å². The molecule has 1 saturated carbocycles. The number of rotatable bonds is 5. The molecule has 3 N–H and O–H groups in total. The summed E-state index contributed by atoms with van der Waals surface area (Å²) in [7, 11) is -1.49. The summed E-state index contributed by atoms with van der Waals surface area (Å²) in [5.74, 6) is 0.689. The minimum Gasteiger partial charge on any atom is -0.423 e. The second-order valence-electron chi connectivity index (χ2n) is 8.45.